The number of fused-ring (bicyclic) bond motifs is 1. The monoisotopic (exact) mass is 261 g/mol. The number of imidazole rings is 1. The molecule has 0 saturated carbocycles. The van der Waals surface area contributed by atoms with E-state index in [-0.39, 0.29) is 5.92 Å². The highest BCUT2D eigenvalue weighted by Gasteiger charge is 2.18. The van der Waals surface area contributed by atoms with Crippen molar-refractivity contribution in [3.63, 3.8) is 0 Å². The molecule has 0 bridgehead atoms. The maximum Gasteiger partial charge on any atom is 0.127 e. The first-order valence-electron chi connectivity index (χ1n) is 6.64. The number of para-hydroxylation sites is 2. The van der Waals surface area contributed by atoms with Gasteiger partial charge < -0.3 is 4.57 Å². The molecule has 2 aromatic carbocycles. The predicted molar refractivity (Wildman–Crippen MR) is 79.2 cm³/mol. The van der Waals surface area contributed by atoms with Crippen LogP contribution in [0.5, 0.6) is 0 Å². The van der Waals surface area contributed by atoms with Crippen LogP contribution in [0.1, 0.15) is 17.3 Å². The van der Waals surface area contributed by atoms with E-state index < -0.39 is 0 Å². The lowest BCUT2D eigenvalue weighted by molar-refractivity contribution is 0.725. The quantitative estimate of drug-likeness (QED) is 0.725. The smallest absolute Gasteiger partial charge is 0.127 e. The van der Waals surface area contributed by atoms with Gasteiger partial charge in [0, 0.05) is 7.05 Å². The Bertz CT molecular complexity index is 766. The van der Waals surface area contributed by atoms with E-state index in [0.29, 0.717) is 6.42 Å². The van der Waals surface area contributed by atoms with Gasteiger partial charge >= 0.3 is 0 Å². The molecule has 0 aliphatic heterocycles. The number of rotatable bonds is 3. The number of nitriles is 1. The fraction of sp³-hybridized carbons (Fsp3) is 0.176. The van der Waals surface area contributed by atoms with Gasteiger partial charge in [0.1, 0.15) is 11.7 Å². The van der Waals surface area contributed by atoms with Gasteiger partial charge in [0.2, 0.25) is 0 Å². The minimum atomic E-state index is -0.227. The van der Waals surface area contributed by atoms with E-state index >= 15 is 0 Å². The first kappa shape index (κ1) is 12.4. The van der Waals surface area contributed by atoms with Crippen molar-refractivity contribution in [2.24, 2.45) is 7.05 Å². The third-order valence-electron chi connectivity index (χ3n) is 3.57. The summed E-state index contributed by atoms with van der Waals surface area (Å²) >= 11 is 0. The van der Waals surface area contributed by atoms with Crippen LogP contribution in [-0.2, 0) is 13.5 Å². The molecular formula is C17H15N3. The molecule has 0 radical (unpaired) electrons. The normalized spacial score (nSPS) is 12.2. The van der Waals surface area contributed by atoms with Crippen molar-refractivity contribution >= 4 is 11.0 Å². The molecule has 0 aliphatic carbocycles. The van der Waals surface area contributed by atoms with E-state index in [1.165, 1.54) is 0 Å². The molecule has 0 spiro atoms. The molecule has 1 aromatic heterocycles. The van der Waals surface area contributed by atoms with Crippen LogP contribution in [0.15, 0.2) is 54.6 Å². The Morgan fingerprint density at radius 3 is 2.50 bits per heavy atom. The molecule has 0 saturated heterocycles. The summed E-state index contributed by atoms with van der Waals surface area (Å²) in [7, 11) is 1.97. The van der Waals surface area contributed by atoms with Crippen molar-refractivity contribution in [2.75, 3.05) is 0 Å². The van der Waals surface area contributed by atoms with Crippen molar-refractivity contribution in [3.05, 3.63) is 66.0 Å². The summed E-state index contributed by atoms with van der Waals surface area (Å²) in [5, 5.41) is 9.49. The van der Waals surface area contributed by atoms with Crippen LogP contribution in [0.25, 0.3) is 11.0 Å². The molecule has 3 heteroatoms. The van der Waals surface area contributed by atoms with Crippen molar-refractivity contribution in [3.8, 4) is 6.07 Å². The summed E-state index contributed by atoms with van der Waals surface area (Å²) in [5.74, 6) is 0.604. The topological polar surface area (TPSA) is 41.6 Å². The van der Waals surface area contributed by atoms with Crippen LogP contribution in [0.4, 0.5) is 0 Å². The standard InChI is InChI=1S/C17H15N3/c1-20-16-10-6-5-9-15(16)19-17(20)14(12-18)11-13-7-3-2-4-8-13/h2-10,14H,11H2,1H3. The Morgan fingerprint density at radius 2 is 1.80 bits per heavy atom. The van der Waals surface area contributed by atoms with Crippen LogP contribution in [-0.4, -0.2) is 9.55 Å². The van der Waals surface area contributed by atoms with Gasteiger partial charge in [-0.05, 0) is 24.1 Å². The van der Waals surface area contributed by atoms with Gasteiger partial charge in [0.05, 0.1) is 17.1 Å². The molecule has 0 aliphatic rings. The minimum absolute atomic E-state index is 0.227. The van der Waals surface area contributed by atoms with Gasteiger partial charge in [0.25, 0.3) is 0 Å². The molecule has 0 fully saturated rings. The van der Waals surface area contributed by atoms with Gasteiger partial charge in [-0.2, -0.15) is 5.26 Å². The predicted octanol–water partition coefficient (Wildman–Crippen LogP) is 3.42. The Kier molecular flexibility index (Phi) is 3.22. The average molecular weight is 261 g/mol. The van der Waals surface area contributed by atoms with Crippen LogP contribution < -0.4 is 0 Å². The largest absolute Gasteiger partial charge is 0.330 e. The fourth-order valence-corrected chi connectivity index (χ4v) is 2.52. The highest BCUT2D eigenvalue weighted by atomic mass is 15.1. The Labute approximate surface area is 118 Å². The summed E-state index contributed by atoms with van der Waals surface area (Å²) in [6, 6.07) is 20.4. The van der Waals surface area contributed by atoms with Crippen LogP contribution in [0.2, 0.25) is 0 Å². The second kappa shape index (κ2) is 5.18. The Morgan fingerprint density at radius 1 is 1.10 bits per heavy atom. The number of aromatic nitrogens is 2. The molecule has 1 atom stereocenters. The summed E-state index contributed by atoms with van der Waals surface area (Å²) in [5.41, 5.74) is 3.17. The number of nitrogens with zero attached hydrogens (tertiary/aromatic N) is 3. The minimum Gasteiger partial charge on any atom is -0.330 e. The third kappa shape index (κ3) is 2.17. The zero-order valence-corrected chi connectivity index (χ0v) is 11.3. The molecular weight excluding hydrogens is 246 g/mol. The molecule has 1 unspecified atom stereocenters. The van der Waals surface area contributed by atoms with Gasteiger partial charge in [0.15, 0.2) is 0 Å². The molecule has 98 valence electrons. The first-order valence-corrected chi connectivity index (χ1v) is 6.64. The summed E-state index contributed by atoms with van der Waals surface area (Å²) in [4.78, 5) is 4.62. The van der Waals surface area contributed by atoms with E-state index in [9.17, 15) is 5.26 Å². The highest BCUT2D eigenvalue weighted by Crippen LogP contribution is 2.23. The molecule has 3 rings (SSSR count). The van der Waals surface area contributed by atoms with Crippen molar-refractivity contribution in [1.82, 2.24) is 9.55 Å². The van der Waals surface area contributed by atoms with Gasteiger partial charge in [-0.3, -0.25) is 0 Å². The van der Waals surface area contributed by atoms with Crippen molar-refractivity contribution < 1.29 is 0 Å². The third-order valence-corrected chi connectivity index (χ3v) is 3.57. The summed E-state index contributed by atoms with van der Waals surface area (Å²) < 4.78 is 2.02. The number of aryl methyl sites for hydroxylation is 1. The van der Waals surface area contributed by atoms with Crippen LogP contribution in [0.3, 0.4) is 0 Å². The van der Waals surface area contributed by atoms with Crippen LogP contribution >= 0.6 is 0 Å². The van der Waals surface area contributed by atoms with Gasteiger partial charge in [-0.15, -0.1) is 0 Å². The zero-order chi connectivity index (χ0) is 13.9. The molecule has 1 heterocycles. The van der Waals surface area contributed by atoms with E-state index in [0.717, 1.165) is 22.4 Å². The maximum absolute atomic E-state index is 9.49. The fourth-order valence-electron chi connectivity index (χ4n) is 2.52. The second-order valence-corrected chi connectivity index (χ2v) is 4.89. The van der Waals surface area contributed by atoms with Gasteiger partial charge in [-0.1, -0.05) is 42.5 Å². The maximum atomic E-state index is 9.49. The lowest BCUT2D eigenvalue weighted by Crippen LogP contribution is -2.07. The van der Waals surface area contributed by atoms with E-state index in [1.54, 1.807) is 0 Å². The Hall–Kier alpha value is -2.60. The number of hydrogen-bond donors (Lipinski definition) is 0. The highest BCUT2D eigenvalue weighted by molar-refractivity contribution is 5.76. The van der Waals surface area contributed by atoms with Gasteiger partial charge in [-0.25, -0.2) is 4.98 Å². The molecule has 3 aromatic rings. The van der Waals surface area contributed by atoms with E-state index in [2.05, 4.69) is 11.1 Å². The van der Waals surface area contributed by atoms with Crippen molar-refractivity contribution in [2.45, 2.75) is 12.3 Å². The molecule has 3 nitrogen and oxygen atoms in total. The summed E-state index contributed by atoms with van der Waals surface area (Å²) in [6.07, 6.45) is 0.689. The molecule has 0 amide bonds. The molecule has 20 heavy (non-hydrogen) atoms. The van der Waals surface area contributed by atoms with Crippen LogP contribution in [0, 0.1) is 11.3 Å². The zero-order valence-electron chi connectivity index (χ0n) is 11.3. The summed E-state index contributed by atoms with van der Waals surface area (Å²) in [6.45, 7) is 0. The van der Waals surface area contributed by atoms with Crippen molar-refractivity contribution in [1.29, 1.82) is 5.26 Å². The second-order valence-electron chi connectivity index (χ2n) is 4.89. The SMILES string of the molecule is Cn1c(C(C#N)Cc2ccccc2)nc2ccccc21. The lowest BCUT2D eigenvalue weighted by Gasteiger charge is -2.09. The first-order chi connectivity index (χ1) is 9.79. The van der Waals surface area contributed by atoms with E-state index in [1.807, 2.05) is 66.2 Å². The average Bonchev–Trinajstić information content (AvgIpc) is 2.83. The number of hydrogen-bond acceptors (Lipinski definition) is 2. The lowest BCUT2D eigenvalue weighted by atomic mass is 10.00. The molecule has 0 N–H and O–H groups in total. The van der Waals surface area contributed by atoms with E-state index in [4.69, 9.17) is 0 Å². The Balaban J connectivity index is 2.00. The number of benzene rings is 2.